The molecule has 1 amide bonds. The Balaban J connectivity index is 2.35. The molecule has 2 N–H and O–H groups in total. The molecule has 0 unspecified atom stereocenters. The van der Waals surface area contributed by atoms with Crippen molar-refractivity contribution in [2.45, 2.75) is 64.5 Å². The Labute approximate surface area is 164 Å². The van der Waals surface area contributed by atoms with E-state index in [0.29, 0.717) is 18.4 Å². The number of nitrogens with zero attached hydrogens (tertiary/aromatic N) is 1. The van der Waals surface area contributed by atoms with Crippen LogP contribution in [0.3, 0.4) is 0 Å². The third kappa shape index (κ3) is 6.08. The van der Waals surface area contributed by atoms with Crippen molar-refractivity contribution >= 4 is 5.91 Å². The summed E-state index contributed by atoms with van der Waals surface area (Å²) >= 11 is 0. The molecule has 28 heavy (non-hydrogen) atoms. The number of carbonyl (C=O) groups excluding carboxylic acids is 1. The number of rotatable bonds is 10. The number of amides is 1. The number of aromatic nitrogens is 1. The van der Waals surface area contributed by atoms with Gasteiger partial charge in [-0.1, -0.05) is 51.2 Å². The van der Waals surface area contributed by atoms with Crippen LogP contribution in [0.1, 0.15) is 78.1 Å². The number of hydrogen-bond donors (Lipinski definition) is 1. The summed E-state index contributed by atoms with van der Waals surface area (Å²) in [5.74, 6) is -0.851. The van der Waals surface area contributed by atoms with Gasteiger partial charge >= 0.3 is 6.18 Å². The highest BCUT2D eigenvalue weighted by Gasteiger charge is 2.37. The van der Waals surface area contributed by atoms with Gasteiger partial charge in [0.2, 0.25) is 5.91 Å². The van der Waals surface area contributed by atoms with E-state index >= 15 is 0 Å². The maximum Gasteiger partial charge on any atom is 0.416 e. The molecule has 0 bridgehead atoms. The number of aryl methyl sites for hydroxylation is 1. The summed E-state index contributed by atoms with van der Waals surface area (Å²) in [6.45, 7) is 2.12. The molecule has 2 aromatic rings. The van der Waals surface area contributed by atoms with E-state index in [0.717, 1.165) is 32.1 Å². The molecule has 1 aromatic heterocycles. The Morgan fingerprint density at radius 2 is 1.79 bits per heavy atom. The van der Waals surface area contributed by atoms with Gasteiger partial charge in [-0.3, -0.25) is 9.78 Å². The number of carbonyl (C=O) groups is 1. The van der Waals surface area contributed by atoms with E-state index < -0.39 is 17.6 Å². The van der Waals surface area contributed by atoms with Crippen molar-refractivity contribution < 1.29 is 18.0 Å². The Morgan fingerprint density at radius 3 is 2.39 bits per heavy atom. The third-order valence-corrected chi connectivity index (χ3v) is 4.85. The van der Waals surface area contributed by atoms with Crippen molar-refractivity contribution in [1.82, 2.24) is 4.98 Å². The molecule has 0 atom stereocenters. The molecule has 0 saturated heterocycles. The van der Waals surface area contributed by atoms with E-state index in [-0.39, 0.29) is 23.1 Å². The zero-order valence-electron chi connectivity index (χ0n) is 16.2. The lowest BCUT2D eigenvalue weighted by molar-refractivity contribution is -0.138. The normalized spacial score (nSPS) is 11.6. The highest BCUT2D eigenvalue weighted by molar-refractivity contribution is 5.95. The van der Waals surface area contributed by atoms with Gasteiger partial charge in [0.1, 0.15) is 0 Å². The molecule has 0 aliphatic heterocycles. The molecule has 2 rings (SSSR count). The first-order valence-corrected chi connectivity index (χ1v) is 9.75. The molecule has 0 saturated carbocycles. The van der Waals surface area contributed by atoms with Crippen molar-refractivity contribution in [3.8, 4) is 0 Å². The van der Waals surface area contributed by atoms with Crippen LogP contribution >= 0.6 is 0 Å². The van der Waals surface area contributed by atoms with E-state index in [1.165, 1.54) is 18.3 Å². The second-order valence-corrected chi connectivity index (χ2v) is 7.04. The zero-order chi connectivity index (χ0) is 20.6. The second kappa shape index (κ2) is 10.2. The number of unbranched alkanes of at least 4 members (excludes halogenated alkanes) is 5. The van der Waals surface area contributed by atoms with Gasteiger partial charge in [0.15, 0.2) is 0 Å². The Hall–Kier alpha value is -2.37. The lowest BCUT2D eigenvalue weighted by Gasteiger charge is -2.20. The molecule has 0 aliphatic rings. The number of benzene rings is 1. The fourth-order valence-electron chi connectivity index (χ4n) is 3.47. The molecule has 6 heteroatoms. The third-order valence-electron chi connectivity index (χ3n) is 4.85. The van der Waals surface area contributed by atoms with Crippen LogP contribution in [0.5, 0.6) is 0 Å². The quantitative estimate of drug-likeness (QED) is 0.528. The van der Waals surface area contributed by atoms with Gasteiger partial charge in [-0.2, -0.15) is 13.2 Å². The first-order valence-electron chi connectivity index (χ1n) is 9.75. The number of hydrogen-bond acceptors (Lipinski definition) is 2. The lowest BCUT2D eigenvalue weighted by Crippen LogP contribution is -2.21. The topological polar surface area (TPSA) is 56.0 Å². The summed E-state index contributed by atoms with van der Waals surface area (Å²) in [6.07, 6.45) is 4.80. The number of halogens is 3. The summed E-state index contributed by atoms with van der Waals surface area (Å²) in [6, 6.07) is 6.18. The number of pyridine rings is 1. The molecule has 1 heterocycles. The lowest BCUT2D eigenvalue weighted by atomic mass is 9.89. The molecule has 0 spiro atoms. The molecule has 0 radical (unpaired) electrons. The summed E-state index contributed by atoms with van der Waals surface area (Å²) in [5, 5.41) is 0. The molecule has 1 aromatic carbocycles. The maximum absolute atomic E-state index is 14.0. The predicted octanol–water partition coefficient (Wildman–Crippen LogP) is 5.69. The van der Waals surface area contributed by atoms with Crippen LogP contribution < -0.4 is 5.73 Å². The van der Waals surface area contributed by atoms with Crippen LogP contribution in [-0.4, -0.2) is 10.9 Å². The van der Waals surface area contributed by atoms with Crippen LogP contribution in [0.2, 0.25) is 0 Å². The smallest absolute Gasteiger partial charge is 0.366 e. The summed E-state index contributed by atoms with van der Waals surface area (Å²) in [4.78, 5) is 15.8. The monoisotopic (exact) mass is 392 g/mol. The van der Waals surface area contributed by atoms with Crippen LogP contribution in [-0.2, 0) is 19.0 Å². The highest BCUT2D eigenvalue weighted by atomic mass is 19.4. The average molecular weight is 392 g/mol. The standard InChI is InChI=1S/C22H27F3N2O/c1-2-3-4-5-6-7-10-17-11-12-18(21(26)28)19(20(17)22(23,24)25)14-16-9-8-13-27-15-16/h8-9,11-13,15H,2-7,10,14H2,1H3,(H2,26,28). The van der Waals surface area contributed by atoms with E-state index in [1.54, 1.807) is 18.3 Å². The fraction of sp³-hybridized carbons (Fsp3) is 0.455. The van der Waals surface area contributed by atoms with Gasteiger partial charge in [0, 0.05) is 24.4 Å². The molecule has 152 valence electrons. The number of nitrogens with two attached hydrogens (primary N) is 1. The summed E-state index contributed by atoms with van der Waals surface area (Å²) in [7, 11) is 0. The van der Waals surface area contributed by atoms with Crippen molar-refractivity contribution in [1.29, 1.82) is 0 Å². The molecule has 0 aliphatic carbocycles. The summed E-state index contributed by atoms with van der Waals surface area (Å²) < 4.78 is 41.9. The van der Waals surface area contributed by atoms with E-state index in [4.69, 9.17) is 5.73 Å². The van der Waals surface area contributed by atoms with Gasteiger partial charge in [0.05, 0.1) is 5.56 Å². The number of primary amides is 1. The van der Waals surface area contributed by atoms with Crippen molar-refractivity contribution in [3.63, 3.8) is 0 Å². The minimum atomic E-state index is -4.56. The SMILES string of the molecule is CCCCCCCCc1ccc(C(N)=O)c(Cc2cccnc2)c1C(F)(F)F. The van der Waals surface area contributed by atoms with Gasteiger partial charge in [0.25, 0.3) is 0 Å². The van der Waals surface area contributed by atoms with Crippen molar-refractivity contribution in [3.05, 3.63) is 64.5 Å². The Kier molecular flexibility index (Phi) is 8.03. The minimum absolute atomic E-state index is 0.0364. The van der Waals surface area contributed by atoms with Gasteiger partial charge in [-0.15, -0.1) is 0 Å². The predicted molar refractivity (Wildman–Crippen MR) is 104 cm³/mol. The maximum atomic E-state index is 14.0. The Bertz CT molecular complexity index is 773. The fourth-order valence-corrected chi connectivity index (χ4v) is 3.47. The first-order chi connectivity index (χ1) is 13.3. The van der Waals surface area contributed by atoms with Gasteiger partial charge in [-0.25, -0.2) is 0 Å². The van der Waals surface area contributed by atoms with E-state index in [2.05, 4.69) is 11.9 Å². The molecular weight excluding hydrogens is 365 g/mol. The average Bonchev–Trinajstić information content (AvgIpc) is 2.64. The van der Waals surface area contributed by atoms with Crippen LogP contribution in [0.4, 0.5) is 13.2 Å². The van der Waals surface area contributed by atoms with Crippen LogP contribution in [0.25, 0.3) is 0 Å². The second-order valence-electron chi connectivity index (χ2n) is 7.04. The van der Waals surface area contributed by atoms with E-state index in [9.17, 15) is 18.0 Å². The number of alkyl halides is 3. The largest absolute Gasteiger partial charge is 0.416 e. The minimum Gasteiger partial charge on any atom is -0.366 e. The highest BCUT2D eigenvalue weighted by Crippen LogP contribution is 2.38. The van der Waals surface area contributed by atoms with Gasteiger partial charge < -0.3 is 5.73 Å². The molecular formula is C22H27F3N2O. The molecule has 0 fully saturated rings. The van der Waals surface area contributed by atoms with Crippen LogP contribution in [0.15, 0.2) is 36.7 Å². The van der Waals surface area contributed by atoms with Gasteiger partial charge in [-0.05, 0) is 41.7 Å². The zero-order valence-corrected chi connectivity index (χ0v) is 16.2. The van der Waals surface area contributed by atoms with E-state index in [1.807, 2.05) is 0 Å². The molecule has 3 nitrogen and oxygen atoms in total. The Morgan fingerprint density at radius 1 is 1.07 bits per heavy atom. The summed E-state index contributed by atoms with van der Waals surface area (Å²) in [5.41, 5.74) is 5.35. The first kappa shape index (κ1) is 21.9. The van der Waals surface area contributed by atoms with Crippen molar-refractivity contribution in [2.24, 2.45) is 5.73 Å². The van der Waals surface area contributed by atoms with Crippen molar-refractivity contribution in [2.75, 3.05) is 0 Å². The van der Waals surface area contributed by atoms with Crippen LogP contribution in [0, 0.1) is 0 Å².